The van der Waals surface area contributed by atoms with Crippen LogP contribution in [0.25, 0.3) is 0 Å². The third-order valence-electron chi connectivity index (χ3n) is 2.36. The van der Waals surface area contributed by atoms with Crippen molar-refractivity contribution in [2.45, 2.75) is 19.4 Å². The zero-order chi connectivity index (χ0) is 14.3. The van der Waals surface area contributed by atoms with E-state index < -0.39 is 11.7 Å². The summed E-state index contributed by atoms with van der Waals surface area (Å²) in [7, 11) is 0. The molecular weight excluding hydrogens is 249 g/mol. The first kappa shape index (κ1) is 15.1. The van der Waals surface area contributed by atoms with Crippen LogP contribution in [-0.2, 0) is 4.79 Å². The second kappa shape index (κ2) is 7.48. The highest BCUT2D eigenvalue weighted by Gasteiger charge is 2.10. The molecule has 0 aromatic heterocycles. The van der Waals surface area contributed by atoms with E-state index in [-0.39, 0.29) is 37.0 Å². The van der Waals surface area contributed by atoms with Gasteiger partial charge >= 0.3 is 0 Å². The summed E-state index contributed by atoms with van der Waals surface area (Å²) in [5, 5.41) is 5.13. The fourth-order valence-electron chi connectivity index (χ4n) is 1.48. The molecule has 0 saturated carbocycles. The molecule has 2 amide bonds. The summed E-state index contributed by atoms with van der Waals surface area (Å²) in [5.74, 6) is -1.24. The lowest BCUT2D eigenvalue weighted by atomic mass is 10.2. The summed E-state index contributed by atoms with van der Waals surface area (Å²) in [4.78, 5) is 22.9. The first-order valence-electron chi connectivity index (χ1n) is 6.05. The van der Waals surface area contributed by atoms with E-state index in [0.29, 0.717) is 0 Å². The molecule has 1 rings (SSSR count). The van der Waals surface area contributed by atoms with Gasteiger partial charge in [0, 0.05) is 25.6 Å². The normalized spacial score (nSPS) is 11.7. The molecule has 0 spiro atoms. The molecule has 1 aromatic carbocycles. The molecule has 0 heterocycles. The average molecular weight is 267 g/mol. The van der Waals surface area contributed by atoms with Crippen LogP contribution in [0, 0.1) is 5.82 Å². The summed E-state index contributed by atoms with van der Waals surface area (Å²) >= 11 is 0. The minimum atomic E-state index is -0.569. The summed E-state index contributed by atoms with van der Waals surface area (Å²) in [6.07, 6.45) is 0.237. The maximum absolute atomic E-state index is 13.3. The van der Waals surface area contributed by atoms with E-state index in [9.17, 15) is 14.0 Å². The Morgan fingerprint density at radius 2 is 1.89 bits per heavy atom. The predicted octanol–water partition coefficient (Wildman–Crippen LogP) is 0.409. The Hall–Kier alpha value is -1.95. The van der Waals surface area contributed by atoms with Crippen molar-refractivity contribution in [1.82, 2.24) is 10.6 Å². The lowest BCUT2D eigenvalue weighted by Crippen LogP contribution is -2.36. The number of amides is 2. The number of benzene rings is 1. The van der Waals surface area contributed by atoms with Crippen molar-refractivity contribution >= 4 is 11.8 Å². The van der Waals surface area contributed by atoms with Crippen LogP contribution >= 0.6 is 0 Å². The molecule has 0 aliphatic heterocycles. The SMILES string of the molecule is CC(N)CC(=O)NCCNC(=O)c1ccccc1F. The second-order valence-corrected chi connectivity index (χ2v) is 4.27. The Kier molecular flexibility index (Phi) is 5.95. The van der Waals surface area contributed by atoms with Crippen LogP contribution in [0.4, 0.5) is 4.39 Å². The summed E-state index contributed by atoms with van der Waals surface area (Å²) in [5.41, 5.74) is 5.46. The highest BCUT2D eigenvalue weighted by atomic mass is 19.1. The first-order valence-corrected chi connectivity index (χ1v) is 6.05. The minimum Gasteiger partial charge on any atom is -0.354 e. The Morgan fingerprint density at radius 1 is 1.26 bits per heavy atom. The number of carbonyl (C=O) groups is 2. The monoisotopic (exact) mass is 267 g/mol. The molecule has 0 fully saturated rings. The molecule has 0 aliphatic carbocycles. The number of rotatable bonds is 6. The molecule has 1 aromatic rings. The van der Waals surface area contributed by atoms with E-state index in [1.165, 1.54) is 18.2 Å². The third-order valence-corrected chi connectivity index (χ3v) is 2.36. The van der Waals surface area contributed by atoms with Gasteiger partial charge in [-0.05, 0) is 19.1 Å². The highest BCUT2D eigenvalue weighted by Crippen LogP contribution is 2.05. The standard InChI is InChI=1S/C13H18FN3O2/c1-9(15)8-12(18)16-6-7-17-13(19)10-4-2-3-5-11(10)14/h2-5,9H,6-8,15H2,1H3,(H,16,18)(H,17,19). The van der Waals surface area contributed by atoms with Gasteiger partial charge < -0.3 is 16.4 Å². The Morgan fingerprint density at radius 3 is 2.53 bits per heavy atom. The van der Waals surface area contributed by atoms with Gasteiger partial charge in [0.25, 0.3) is 5.91 Å². The first-order chi connectivity index (χ1) is 9.00. The number of carbonyl (C=O) groups excluding carboxylic acids is 2. The number of hydrogen-bond donors (Lipinski definition) is 3. The number of hydrogen-bond acceptors (Lipinski definition) is 3. The fraction of sp³-hybridized carbons (Fsp3) is 0.385. The van der Waals surface area contributed by atoms with Crippen molar-refractivity contribution in [3.8, 4) is 0 Å². The molecule has 6 heteroatoms. The molecular formula is C13H18FN3O2. The Labute approximate surface area is 111 Å². The van der Waals surface area contributed by atoms with Crippen molar-refractivity contribution in [3.05, 3.63) is 35.6 Å². The van der Waals surface area contributed by atoms with Crippen LogP contribution in [0.1, 0.15) is 23.7 Å². The van der Waals surface area contributed by atoms with Crippen molar-refractivity contribution in [2.75, 3.05) is 13.1 Å². The molecule has 104 valence electrons. The van der Waals surface area contributed by atoms with Crippen LogP contribution in [0.15, 0.2) is 24.3 Å². The molecule has 1 atom stereocenters. The van der Waals surface area contributed by atoms with Gasteiger partial charge in [-0.1, -0.05) is 12.1 Å². The van der Waals surface area contributed by atoms with Gasteiger partial charge in [-0.15, -0.1) is 0 Å². The van der Waals surface area contributed by atoms with E-state index in [1.54, 1.807) is 13.0 Å². The van der Waals surface area contributed by atoms with Crippen LogP contribution < -0.4 is 16.4 Å². The lowest BCUT2D eigenvalue weighted by Gasteiger charge is -2.08. The van der Waals surface area contributed by atoms with Crippen LogP contribution in [0.5, 0.6) is 0 Å². The molecule has 19 heavy (non-hydrogen) atoms. The molecule has 0 bridgehead atoms. The largest absolute Gasteiger partial charge is 0.354 e. The van der Waals surface area contributed by atoms with Gasteiger partial charge in [0.1, 0.15) is 5.82 Å². The van der Waals surface area contributed by atoms with Crippen LogP contribution in [-0.4, -0.2) is 30.9 Å². The van der Waals surface area contributed by atoms with E-state index in [1.807, 2.05) is 0 Å². The molecule has 4 N–H and O–H groups in total. The fourth-order valence-corrected chi connectivity index (χ4v) is 1.48. The molecule has 0 aliphatic rings. The number of nitrogens with one attached hydrogen (secondary N) is 2. The van der Waals surface area contributed by atoms with Crippen molar-refractivity contribution in [1.29, 1.82) is 0 Å². The molecule has 1 unspecified atom stereocenters. The van der Waals surface area contributed by atoms with Crippen LogP contribution in [0.3, 0.4) is 0 Å². The number of nitrogens with two attached hydrogens (primary N) is 1. The van der Waals surface area contributed by atoms with Crippen molar-refractivity contribution in [3.63, 3.8) is 0 Å². The smallest absolute Gasteiger partial charge is 0.254 e. The van der Waals surface area contributed by atoms with Gasteiger partial charge in [0.05, 0.1) is 5.56 Å². The molecule has 0 saturated heterocycles. The Bertz CT molecular complexity index is 449. The summed E-state index contributed by atoms with van der Waals surface area (Å²) in [6, 6.07) is 5.52. The van der Waals surface area contributed by atoms with E-state index in [2.05, 4.69) is 10.6 Å². The van der Waals surface area contributed by atoms with Gasteiger partial charge in [-0.2, -0.15) is 0 Å². The zero-order valence-electron chi connectivity index (χ0n) is 10.8. The van der Waals surface area contributed by atoms with E-state index in [4.69, 9.17) is 5.73 Å². The summed E-state index contributed by atoms with van der Waals surface area (Å²) < 4.78 is 13.3. The quantitative estimate of drug-likeness (QED) is 0.653. The maximum Gasteiger partial charge on any atom is 0.254 e. The topological polar surface area (TPSA) is 84.2 Å². The van der Waals surface area contributed by atoms with Crippen molar-refractivity contribution < 1.29 is 14.0 Å². The molecule has 5 nitrogen and oxygen atoms in total. The zero-order valence-corrected chi connectivity index (χ0v) is 10.8. The van der Waals surface area contributed by atoms with Crippen molar-refractivity contribution in [2.24, 2.45) is 5.73 Å². The molecule has 0 radical (unpaired) electrons. The Balaban J connectivity index is 2.29. The van der Waals surface area contributed by atoms with Gasteiger partial charge in [0.2, 0.25) is 5.91 Å². The minimum absolute atomic E-state index is 0.00981. The van der Waals surface area contributed by atoms with Crippen LogP contribution in [0.2, 0.25) is 0 Å². The van der Waals surface area contributed by atoms with E-state index in [0.717, 1.165) is 0 Å². The predicted molar refractivity (Wildman–Crippen MR) is 70.0 cm³/mol. The maximum atomic E-state index is 13.3. The third kappa shape index (κ3) is 5.48. The average Bonchev–Trinajstić information content (AvgIpc) is 2.34. The van der Waals surface area contributed by atoms with Gasteiger partial charge in [0.15, 0.2) is 0 Å². The summed E-state index contributed by atoms with van der Waals surface area (Å²) in [6.45, 7) is 2.25. The number of halogens is 1. The van der Waals surface area contributed by atoms with E-state index >= 15 is 0 Å². The van der Waals surface area contributed by atoms with Gasteiger partial charge in [-0.25, -0.2) is 4.39 Å². The van der Waals surface area contributed by atoms with Gasteiger partial charge in [-0.3, -0.25) is 9.59 Å². The lowest BCUT2D eigenvalue weighted by molar-refractivity contribution is -0.121. The highest BCUT2D eigenvalue weighted by molar-refractivity contribution is 5.94. The second-order valence-electron chi connectivity index (χ2n) is 4.27.